The molecule has 2 rings (SSSR count). The number of benzene rings is 1. The highest BCUT2D eigenvalue weighted by Crippen LogP contribution is 2.27. The lowest BCUT2D eigenvalue weighted by Crippen LogP contribution is -2.07. The molecule has 0 saturated carbocycles. The molecule has 0 radical (unpaired) electrons. The van der Waals surface area contributed by atoms with E-state index in [2.05, 4.69) is 14.7 Å². The second-order valence-electron chi connectivity index (χ2n) is 3.81. The molecule has 1 aromatic carbocycles. The van der Waals surface area contributed by atoms with E-state index in [0.717, 1.165) is 5.56 Å². The molecule has 6 heteroatoms. The summed E-state index contributed by atoms with van der Waals surface area (Å²) in [7, 11) is 1.30. The summed E-state index contributed by atoms with van der Waals surface area (Å²) in [6.45, 7) is 1.70. The highest BCUT2D eigenvalue weighted by Gasteiger charge is 2.12. The number of methoxy groups -OCH3 is 1. The van der Waals surface area contributed by atoms with Gasteiger partial charge in [0.25, 0.3) is 0 Å². The molecule has 4 nitrogen and oxygen atoms in total. The Morgan fingerprint density at radius 3 is 2.53 bits per heavy atom. The number of carbonyl (C=O) groups excluding carboxylic acids is 1. The number of carbonyl (C=O) groups is 1. The number of hydrogen-bond acceptors (Lipinski definition) is 4. The maximum atomic E-state index is 11.5. The molecule has 19 heavy (non-hydrogen) atoms. The first kappa shape index (κ1) is 13.8. The molecule has 0 spiro atoms. The van der Waals surface area contributed by atoms with Crippen molar-refractivity contribution in [2.45, 2.75) is 6.92 Å². The standard InChI is InChI=1S/C13H10Cl2N2O2/c1-7-16-11(6-12(17-7)13(18)19-2)8-3-4-9(14)10(15)5-8/h3-6H,1-2H3. The van der Waals surface area contributed by atoms with E-state index in [4.69, 9.17) is 23.2 Å². The van der Waals surface area contributed by atoms with Crippen LogP contribution in [0.1, 0.15) is 16.3 Å². The van der Waals surface area contributed by atoms with Crippen molar-refractivity contribution in [2.24, 2.45) is 0 Å². The molecule has 1 aromatic heterocycles. The topological polar surface area (TPSA) is 52.1 Å². The normalized spacial score (nSPS) is 10.3. The summed E-state index contributed by atoms with van der Waals surface area (Å²) < 4.78 is 4.65. The van der Waals surface area contributed by atoms with Gasteiger partial charge in [0.15, 0.2) is 5.69 Å². The van der Waals surface area contributed by atoms with E-state index in [1.54, 1.807) is 31.2 Å². The fourth-order valence-corrected chi connectivity index (χ4v) is 1.88. The first-order valence-electron chi connectivity index (χ1n) is 5.40. The van der Waals surface area contributed by atoms with Gasteiger partial charge in [0, 0.05) is 5.56 Å². The van der Waals surface area contributed by atoms with Crippen LogP contribution in [-0.4, -0.2) is 23.0 Å². The first-order valence-corrected chi connectivity index (χ1v) is 6.16. The minimum atomic E-state index is -0.508. The zero-order valence-electron chi connectivity index (χ0n) is 10.3. The molecule has 0 N–H and O–H groups in total. The Balaban J connectivity index is 2.52. The number of rotatable bonds is 2. The van der Waals surface area contributed by atoms with Crippen molar-refractivity contribution in [1.82, 2.24) is 9.97 Å². The van der Waals surface area contributed by atoms with E-state index in [0.29, 0.717) is 21.6 Å². The van der Waals surface area contributed by atoms with Crippen LogP contribution in [0.2, 0.25) is 10.0 Å². The third-order valence-electron chi connectivity index (χ3n) is 2.45. The van der Waals surface area contributed by atoms with Crippen molar-refractivity contribution < 1.29 is 9.53 Å². The Morgan fingerprint density at radius 2 is 1.89 bits per heavy atom. The fraction of sp³-hybridized carbons (Fsp3) is 0.154. The van der Waals surface area contributed by atoms with E-state index in [9.17, 15) is 4.79 Å². The van der Waals surface area contributed by atoms with Gasteiger partial charge in [0.2, 0.25) is 0 Å². The summed E-state index contributed by atoms with van der Waals surface area (Å²) in [5.41, 5.74) is 1.55. The van der Waals surface area contributed by atoms with E-state index in [1.807, 2.05) is 0 Å². The zero-order valence-corrected chi connectivity index (χ0v) is 11.8. The summed E-state index contributed by atoms with van der Waals surface area (Å²) >= 11 is 11.8. The number of nitrogens with zero attached hydrogens (tertiary/aromatic N) is 2. The number of aryl methyl sites for hydroxylation is 1. The maximum absolute atomic E-state index is 11.5. The molecule has 0 aliphatic heterocycles. The number of ether oxygens (including phenoxy) is 1. The minimum absolute atomic E-state index is 0.205. The molecule has 0 fully saturated rings. The lowest BCUT2D eigenvalue weighted by molar-refractivity contribution is 0.0593. The summed E-state index contributed by atoms with van der Waals surface area (Å²) in [5.74, 6) is -0.0317. The molecular weight excluding hydrogens is 287 g/mol. The van der Waals surface area contributed by atoms with Crippen LogP contribution in [0.5, 0.6) is 0 Å². The Bertz CT molecular complexity index is 645. The Kier molecular flexibility index (Phi) is 4.02. The van der Waals surface area contributed by atoms with Crippen LogP contribution in [0.25, 0.3) is 11.3 Å². The SMILES string of the molecule is COC(=O)c1cc(-c2ccc(Cl)c(Cl)c2)nc(C)n1. The third kappa shape index (κ3) is 3.03. The predicted molar refractivity (Wildman–Crippen MR) is 73.6 cm³/mol. The molecule has 98 valence electrons. The summed E-state index contributed by atoms with van der Waals surface area (Å²) in [6.07, 6.45) is 0. The van der Waals surface area contributed by atoms with Gasteiger partial charge in [-0.25, -0.2) is 14.8 Å². The minimum Gasteiger partial charge on any atom is -0.464 e. The number of esters is 1. The predicted octanol–water partition coefficient (Wildman–Crippen LogP) is 3.55. The van der Waals surface area contributed by atoms with Crippen molar-refractivity contribution >= 4 is 29.2 Å². The number of hydrogen-bond donors (Lipinski definition) is 0. The van der Waals surface area contributed by atoms with Gasteiger partial charge in [0.1, 0.15) is 5.82 Å². The number of halogens is 2. The van der Waals surface area contributed by atoms with Crippen LogP contribution in [0.4, 0.5) is 0 Å². The van der Waals surface area contributed by atoms with Crippen molar-refractivity contribution in [3.8, 4) is 11.3 Å². The van der Waals surface area contributed by atoms with Crippen LogP contribution >= 0.6 is 23.2 Å². The van der Waals surface area contributed by atoms with E-state index in [1.165, 1.54) is 7.11 Å². The average molecular weight is 297 g/mol. The second kappa shape index (κ2) is 5.55. The molecule has 2 aromatic rings. The third-order valence-corrected chi connectivity index (χ3v) is 3.19. The molecule has 0 saturated heterocycles. The fourth-order valence-electron chi connectivity index (χ4n) is 1.58. The van der Waals surface area contributed by atoms with Crippen molar-refractivity contribution in [3.05, 3.63) is 45.8 Å². The Labute approximate surface area is 120 Å². The van der Waals surface area contributed by atoms with Crippen molar-refractivity contribution in [2.75, 3.05) is 7.11 Å². The molecule has 0 amide bonds. The van der Waals surface area contributed by atoms with Gasteiger partial charge >= 0.3 is 5.97 Å². The van der Waals surface area contributed by atoms with Crippen molar-refractivity contribution in [3.63, 3.8) is 0 Å². The van der Waals surface area contributed by atoms with E-state index >= 15 is 0 Å². The van der Waals surface area contributed by atoms with Crippen LogP contribution in [0.15, 0.2) is 24.3 Å². The van der Waals surface area contributed by atoms with Crippen LogP contribution in [-0.2, 0) is 4.74 Å². The monoisotopic (exact) mass is 296 g/mol. The van der Waals surface area contributed by atoms with Gasteiger partial charge in [-0.2, -0.15) is 0 Å². The largest absolute Gasteiger partial charge is 0.464 e. The molecule has 0 aliphatic rings. The Hall–Kier alpha value is -1.65. The van der Waals surface area contributed by atoms with E-state index < -0.39 is 5.97 Å². The second-order valence-corrected chi connectivity index (χ2v) is 4.62. The maximum Gasteiger partial charge on any atom is 0.356 e. The zero-order chi connectivity index (χ0) is 14.0. The quantitative estimate of drug-likeness (QED) is 0.795. The molecule has 0 atom stereocenters. The van der Waals surface area contributed by atoms with Crippen LogP contribution in [0, 0.1) is 6.92 Å². The van der Waals surface area contributed by atoms with Gasteiger partial charge in [-0.15, -0.1) is 0 Å². The summed E-state index contributed by atoms with van der Waals surface area (Å²) in [4.78, 5) is 19.8. The van der Waals surface area contributed by atoms with Gasteiger partial charge in [-0.1, -0.05) is 29.3 Å². The lowest BCUT2D eigenvalue weighted by Gasteiger charge is -2.06. The molecule has 0 bridgehead atoms. The molecule has 0 aliphatic carbocycles. The van der Waals surface area contributed by atoms with E-state index in [-0.39, 0.29) is 5.69 Å². The molecular formula is C13H10Cl2N2O2. The average Bonchev–Trinajstić information content (AvgIpc) is 2.40. The highest BCUT2D eigenvalue weighted by atomic mass is 35.5. The highest BCUT2D eigenvalue weighted by molar-refractivity contribution is 6.42. The number of aromatic nitrogens is 2. The van der Waals surface area contributed by atoms with Crippen LogP contribution in [0.3, 0.4) is 0 Å². The van der Waals surface area contributed by atoms with Gasteiger partial charge < -0.3 is 4.74 Å². The lowest BCUT2D eigenvalue weighted by atomic mass is 10.1. The molecule has 1 heterocycles. The Morgan fingerprint density at radius 1 is 1.16 bits per heavy atom. The molecule has 0 unspecified atom stereocenters. The smallest absolute Gasteiger partial charge is 0.356 e. The first-order chi connectivity index (χ1) is 9.01. The van der Waals surface area contributed by atoms with Gasteiger partial charge in [-0.3, -0.25) is 0 Å². The van der Waals surface area contributed by atoms with Gasteiger partial charge in [0.05, 0.1) is 22.8 Å². The van der Waals surface area contributed by atoms with Crippen molar-refractivity contribution in [1.29, 1.82) is 0 Å². The summed E-state index contributed by atoms with van der Waals surface area (Å²) in [5, 5.41) is 0.888. The van der Waals surface area contributed by atoms with Gasteiger partial charge in [-0.05, 0) is 25.1 Å². The van der Waals surface area contributed by atoms with Crippen LogP contribution < -0.4 is 0 Å². The summed E-state index contributed by atoms with van der Waals surface area (Å²) in [6, 6.07) is 6.69.